The lowest BCUT2D eigenvalue weighted by atomic mass is 10.2. The van der Waals surface area contributed by atoms with Gasteiger partial charge in [-0.15, -0.1) is 34.2 Å². The van der Waals surface area contributed by atoms with Crippen molar-refractivity contribution in [2.24, 2.45) is 4.99 Å². The van der Waals surface area contributed by atoms with Crippen molar-refractivity contribution in [1.82, 2.24) is 24.8 Å². The summed E-state index contributed by atoms with van der Waals surface area (Å²) in [6.45, 7) is 1.59. The first-order valence-corrected chi connectivity index (χ1v) is 9.00. The smallest absolute Gasteiger partial charge is 0.193 e. The molecule has 0 unspecified atom stereocenters. The number of hydrogen-bond acceptors (Lipinski definition) is 3. The van der Waals surface area contributed by atoms with Gasteiger partial charge in [-0.2, -0.15) is 0 Å². The fourth-order valence-corrected chi connectivity index (χ4v) is 2.96. The van der Waals surface area contributed by atoms with E-state index in [0.717, 1.165) is 48.4 Å². The monoisotopic (exact) mass is 498 g/mol. The molecule has 0 aliphatic rings. The van der Waals surface area contributed by atoms with Crippen molar-refractivity contribution in [3.63, 3.8) is 0 Å². The van der Waals surface area contributed by atoms with Crippen LogP contribution < -0.4 is 5.32 Å². The standard InChI is InChI=1S/C19H23ClN6.HI/c1-21-19(25(2)14-15-8-10-16(20)11-9-15)22-12-5-7-18-24-23-17-6-3-4-13-26(17)18;/h3-4,6,8-11,13H,5,7,12,14H2,1-2H3,(H,21,22);1H. The van der Waals surface area contributed by atoms with E-state index >= 15 is 0 Å². The van der Waals surface area contributed by atoms with Gasteiger partial charge in [-0.1, -0.05) is 29.8 Å². The average molecular weight is 499 g/mol. The van der Waals surface area contributed by atoms with E-state index in [1.165, 1.54) is 5.56 Å². The number of hydrogen-bond donors (Lipinski definition) is 1. The lowest BCUT2D eigenvalue weighted by molar-refractivity contribution is 0.475. The Morgan fingerprint density at radius 3 is 2.70 bits per heavy atom. The van der Waals surface area contributed by atoms with Gasteiger partial charge < -0.3 is 10.2 Å². The highest BCUT2D eigenvalue weighted by Gasteiger charge is 2.08. The molecule has 2 heterocycles. The third kappa shape index (κ3) is 5.80. The molecule has 3 rings (SSSR count). The van der Waals surface area contributed by atoms with Crippen molar-refractivity contribution in [2.75, 3.05) is 20.6 Å². The third-order valence-electron chi connectivity index (χ3n) is 4.15. The molecule has 0 fully saturated rings. The van der Waals surface area contributed by atoms with Crippen molar-refractivity contribution in [3.8, 4) is 0 Å². The molecule has 0 saturated carbocycles. The summed E-state index contributed by atoms with van der Waals surface area (Å²) in [5, 5.41) is 12.6. The first kappa shape index (κ1) is 21.4. The second-order valence-electron chi connectivity index (χ2n) is 6.11. The summed E-state index contributed by atoms with van der Waals surface area (Å²) in [7, 11) is 3.82. The number of guanidine groups is 1. The van der Waals surface area contributed by atoms with Crippen LogP contribution in [0, 0.1) is 0 Å². The maximum atomic E-state index is 5.94. The van der Waals surface area contributed by atoms with Gasteiger partial charge in [-0.05, 0) is 36.2 Å². The highest BCUT2D eigenvalue weighted by molar-refractivity contribution is 14.0. The molecule has 144 valence electrons. The zero-order valence-corrected chi connectivity index (χ0v) is 18.6. The Kier molecular flexibility index (Phi) is 8.30. The molecule has 0 aliphatic heterocycles. The number of nitrogens with one attached hydrogen (secondary N) is 1. The molecule has 0 radical (unpaired) electrons. The quantitative estimate of drug-likeness (QED) is 0.244. The number of rotatable bonds is 6. The average Bonchev–Trinajstić information content (AvgIpc) is 3.07. The number of halogens is 2. The van der Waals surface area contributed by atoms with Crippen LogP contribution in [-0.4, -0.2) is 46.1 Å². The Balaban J connectivity index is 0.00000261. The molecule has 2 aromatic heterocycles. The second-order valence-corrected chi connectivity index (χ2v) is 6.54. The molecule has 0 bridgehead atoms. The van der Waals surface area contributed by atoms with Crippen LogP contribution in [-0.2, 0) is 13.0 Å². The van der Waals surface area contributed by atoms with Gasteiger partial charge in [0.25, 0.3) is 0 Å². The van der Waals surface area contributed by atoms with Gasteiger partial charge in [0.2, 0.25) is 0 Å². The van der Waals surface area contributed by atoms with Gasteiger partial charge in [0, 0.05) is 44.8 Å². The molecular formula is C19H24ClIN6. The van der Waals surface area contributed by atoms with Gasteiger partial charge >= 0.3 is 0 Å². The van der Waals surface area contributed by atoms with E-state index in [2.05, 4.69) is 25.4 Å². The molecule has 0 amide bonds. The van der Waals surface area contributed by atoms with Gasteiger partial charge in [-0.25, -0.2) is 0 Å². The number of aliphatic imine (C=N–C) groups is 1. The van der Waals surface area contributed by atoms with Crippen molar-refractivity contribution in [3.05, 3.63) is 65.1 Å². The topological polar surface area (TPSA) is 57.8 Å². The number of fused-ring (bicyclic) bond motifs is 1. The maximum Gasteiger partial charge on any atom is 0.193 e. The lowest BCUT2D eigenvalue weighted by Crippen LogP contribution is -2.39. The Hall–Kier alpha value is -1.87. The van der Waals surface area contributed by atoms with E-state index in [-0.39, 0.29) is 24.0 Å². The molecule has 0 saturated heterocycles. The van der Waals surface area contributed by atoms with E-state index in [1.54, 1.807) is 7.05 Å². The predicted octanol–water partition coefficient (Wildman–Crippen LogP) is 3.64. The van der Waals surface area contributed by atoms with E-state index in [9.17, 15) is 0 Å². The van der Waals surface area contributed by atoms with Crippen LogP contribution in [0.25, 0.3) is 5.65 Å². The van der Waals surface area contributed by atoms with Gasteiger partial charge in [0.1, 0.15) is 5.82 Å². The summed E-state index contributed by atoms with van der Waals surface area (Å²) in [5.41, 5.74) is 2.07. The number of nitrogens with zero attached hydrogens (tertiary/aromatic N) is 5. The lowest BCUT2D eigenvalue weighted by Gasteiger charge is -2.22. The molecule has 0 aliphatic carbocycles. The first-order valence-electron chi connectivity index (χ1n) is 8.62. The van der Waals surface area contributed by atoms with Gasteiger partial charge in [0.15, 0.2) is 11.6 Å². The van der Waals surface area contributed by atoms with Crippen LogP contribution in [0.2, 0.25) is 5.02 Å². The third-order valence-corrected chi connectivity index (χ3v) is 4.40. The summed E-state index contributed by atoms with van der Waals surface area (Å²) in [6.07, 6.45) is 3.80. The predicted molar refractivity (Wildman–Crippen MR) is 121 cm³/mol. The minimum absolute atomic E-state index is 0. The van der Waals surface area contributed by atoms with Crippen molar-refractivity contribution in [2.45, 2.75) is 19.4 Å². The molecule has 1 N–H and O–H groups in total. The Bertz CT molecular complexity index is 877. The molecule has 1 aromatic carbocycles. The van der Waals surface area contributed by atoms with Crippen molar-refractivity contribution >= 4 is 47.2 Å². The number of benzene rings is 1. The van der Waals surface area contributed by atoms with E-state index in [0.29, 0.717) is 0 Å². The Morgan fingerprint density at radius 2 is 1.96 bits per heavy atom. The summed E-state index contributed by atoms with van der Waals surface area (Å²) in [4.78, 5) is 6.45. The van der Waals surface area contributed by atoms with Gasteiger partial charge in [-0.3, -0.25) is 9.39 Å². The van der Waals surface area contributed by atoms with Crippen LogP contribution in [0.1, 0.15) is 17.8 Å². The van der Waals surface area contributed by atoms with Crippen LogP contribution in [0.4, 0.5) is 0 Å². The Labute approximate surface area is 181 Å². The SMILES string of the molecule is CN=C(NCCCc1nnc2ccccn12)N(C)Cc1ccc(Cl)cc1.I. The molecule has 27 heavy (non-hydrogen) atoms. The fourth-order valence-electron chi connectivity index (χ4n) is 2.83. The summed E-state index contributed by atoms with van der Waals surface area (Å²) in [6, 6.07) is 13.8. The number of pyridine rings is 1. The van der Waals surface area contributed by atoms with Crippen LogP contribution in [0.15, 0.2) is 53.7 Å². The second kappa shape index (κ2) is 10.5. The van der Waals surface area contributed by atoms with Crippen molar-refractivity contribution < 1.29 is 0 Å². The highest BCUT2D eigenvalue weighted by atomic mass is 127. The minimum Gasteiger partial charge on any atom is -0.356 e. The van der Waals surface area contributed by atoms with Crippen molar-refractivity contribution in [1.29, 1.82) is 0 Å². The van der Waals surface area contributed by atoms with Crippen LogP contribution >= 0.6 is 35.6 Å². The summed E-state index contributed by atoms with van der Waals surface area (Å²) >= 11 is 5.94. The Morgan fingerprint density at radius 1 is 1.19 bits per heavy atom. The largest absolute Gasteiger partial charge is 0.356 e. The zero-order chi connectivity index (χ0) is 18.4. The zero-order valence-electron chi connectivity index (χ0n) is 15.5. The molecule has 0 spiro atoms. The molecule has 8 heteroatoms. The molecule has 3 aromatic rings. The first-order chi connectivity index (χ1) is 12.7. The van der Waals surface area contributed by atoms with Crippen LogP contribution in [0.3, 0.4) is 0 Å². The molecular weight excluding hydrogens is 475 g/mol. The van der Waals surface area contributed by atoms with Crippen LogP contribution in [0.5, 0.6) is 0 Å². The minimum atomic E-state index is 0. The normalized spacial score (nSPS) is 11.3. The summed E-state index contributed by atoms with van der Waals surface area (Å²) in [5.74, 6) is 1.85. The summed E-state index contributed by atoms with van der Waals surface area (Å²) < 4.78 is 2.03. The van der Waals surface area contributed by atoms with E-state index < -0.39 is 0 Å². The van der Waals surface area contributed by atoms with E-state index in [4.69, 9.17) is 11.6 Å². The number of aryl methyl sites for hydroxylation is 1. The fraction of sp³-hybridized carbons (Fsp3) is 0.316. The maximum absolute atomic E-state index is 5.94. The number of aromatic nitrogens is 3. The molecule has 6 nitrogen and oxygen atoms in total. The van der Waals surface area contributed by atoms with Gasteiger partial charge in [0.05, 0.1) is 0 Å². The van der Waals surface area contributed by atoms with E-state index in [1.807, 2.05) is 60.1 Å². The molecule has 0 atom stereocenters. The highest BCUT2D eigenvalue weighted by Crippen LogP contribution is 2.11.